The lowest BCUT2D eigenvalue weighted by Gasteiger charge is -2.17. The summed E-state index contributed by atoms with van der Waals surface area (Å²) in [7, 11) is 0. The van der Waals surface area contributed by atoms with Gasteiger partial charge in [-0.15, -0.1) is 10.2 Å². The summed E-state index contributed by atoms with van der Waals surface area (Å²) < 4.78 is 1.68. The van der Waals surface area contributed by atoms with E-state index in [1.807, 2.05) is 0 Å². The Balaban J connectivity index is 2.26. The fourth-order valence-electron chi connectivity index (χ4n) is 1.88. The highest BCUT2D eigenvalue weighted by atomic mass is 16.4. The summed E-state index contributed by atoms with van der Waals surface area (Å²) in [6.07, 6.45) is 1.60. The van der Waals surface area contributed by atoms with Crippen LogP contribution in [0.5, 0.6) is 0 Å². The number of hydrogen-bond donors (Lipinski definition) is 2. The fourth-order valence-corrected chi connectivity index (χ4v) is 1.88. The van der Waals surface area contributed by atoms with Crippen molar-refractivity contribution in [1.29, 1.82) is 0 Å². The number of pyridine rings is 1. The van der Waals surface area contributed by atoms with Crippen molar-refractivity contribution in [3.05, 3.63) is 29.7 Å². The van der Waals surface area contributed by atoms with Crippen LogP contribution in [-0.4, -0.2) is 37.6 Å². The van der Waals surface area contributed by atoms with Crippen LogP contribution in [0.3, 0.4) is 0 Å². The molecular formula is C13H16N4O3. The van der Waals surface area contributed by atoms with E-state index in [9.17, 15) is 9.59 Å². The van der Waals surface area contributed by atoms with Crippen molar-refractivity contribution in [2.75, 3.05) is 0 Å². The van der Waals surface area contributed by atoms with Crippen molar-refractivity contribution in [2.24, 2.45) is 5.92 Å². The predicted octanol–water partition coefficient (Wildman–Crippen LogP) is 0.877. The van der Waals surface area contributed by atoms with Gasteiger partial charge in [-0.05, 0) is 25.0 Å². The lowest BCUT2D eigenvalue weighted by atomic mass is 10.0. The van der Waals surface area contributed by atoms with E-state index in [-0.39, 0.29) is 5.92 Å². The summed E-state index contributed by atoms with van der Waals surface area (Å²) >= 11 is 0. The molecule has 20 heavy (non-hydrogen) atoms. The van der Waals surface area contributed by atoms with Gasteiger partial charge in [0.25, 0.3) is 5.91 Å². The Kier molecular flexibility index (Phi) is 3.69. The number of carboxylic acids is 1. The topological polar surface area (TPSA) is 96.6 Å². The van der Waals surface area contributed by atoms with Gasteiger partial charge in [-0.1, -0.05) is 13.8 Å². The molecule has 0 bridgehead atoms. The second-order valence-electron chi connectivity index (χ2n) is 4.93. The zero-order chi connectivity index (χ0) is 14.9. The molecule has 2 aromatic rings. The minimum absolute atomic E-state index is 0.197. The van der Waals surface area contributed by atoms with Gasteiger partial charge < -0.3 is 10.4 Å². The van der Waals surface area contributed by atoms with Gasteiger partial charge in [0, 0.05) is 6.20 Å². The Morgan fingerprint density at radius 2 is 2.00 bits per heavy atom. The Hall–Kier alpha value is -2.44. The molecule has 106 valence electrons. The maximum absolute atomic E-state index is 12.1. The van der Waals surface area contributed by atoms with Crippen molar-refractivity contribution >= 4 is 17.5 Å². The first-order valence-electron chi connectivity index (χ1n) is 6.25. The largest absolute Gasteiger partial charge is 0.480 e. The van der Waals surface area contributed by atoms with Crippen molar-refractivity contribution in [3.63, 3.8) is 0 Å². The van der Waals surface area contributed by atoms with E-state index in [0.717, 1.165) is 0 Å². The average Bonchev–Trinajstić information content (AvgIpc) is 2.76. The van der Waals surface area contributed by atoms with E-state index < -0.39 is 17.9 Å². The van der Waals surface area contributed by atoms with Crippen LogP contribution in [0, 0.1) is 12.8 Å². The third-order valence-electron chi connectivity index (χ3n) is 3.05. The van der Waals surface area contributed by atoms with Gasteiger partial charge in [0.2, 0.25) is 0 Å². The summed E-state index contributed by atoms with van der Waals surface area (Å²) in [5, 5.41) is 19.4. The maximum Gasteiger partial charge on any atom is 0.326 e. The van der Waals surface area contributed by atoms with Crippen LogP contribution >= 0.6 is 0 Å². The maximum atomic E-state index is 12.1. The molecular weight excluding hydrogens is 260 g/mol. The van der Waals surface area contributed by atoms with E-state index in [4.69, 9.17) is 5.11 Å². The number of carboxylic acid groups (broad SMARTS) is 1. The highest BCUT2D eigenvalue weighted by Crippen LogP contribution is 2.08. The third-order valence-corrected chi connectivity index (χ3v) is 3.05. The van der Waals surface area contributed by atoms with Crippen LogP contribution in [-0.2, 0) is 4.79 Å². The first-order valence-corrected chi connectivity index (χ1v) is 6.25. The Bertz CT molecular complexity index is 663. The standard InChI is InChI=1S/C13H16N4O3/c1-7(2)11(13(19)20)14-12(18)9-4-5-10-16-15-8(3)17(10)6-9/h4-7,11H,1-3H3,(H,14,18)(H,19,20)/t11-/m0/s1. The van der Waals surface area contributed by atoms with Crippen LogP contribution in [0.15, 0.2) is 18.3 Å². The molecule has 0 unspecified atom stereocenters. The molecule has 0 spiro atoms. The molecule has 2 rings (SSSR count). The summed E-state index contributed by atoms with van der Waals surface area (Å²) in [6.45, 7) is 5.26. The highest BCUT2D eigenvalue weighted by Gasteiger charge is 2.24. The van der Waals surface area contributed by atoms with E-state index in [0.29, 0.717) is 17.0 Å². The van der Waals surface area contributed by atoms with E-state index in [2.05, 4.69) is 15.5 Å². The second-order valence-corrected chi connectivity index (χ2v) is 4.93. The number of aromatic nitrogens is 3. The first-order chi connectivity index (χ1) is 9.40. The molecule has 0 aliphatic rings. The monoisotopic (exact) mass is 276 g/mol. The van der Waals surface area contributed by atoms with Gasteiger partial charge in [-0.2, -0.15) is 0 Å². The molecule has 7 heteroatoms. The average molecular weight is 276 g/mol. The lowest BCUT2D eigenvalue weighted by molar-refractivity contribution is -0.140. The van der Waals surface area contributed by atoms with Crippen LogP contribution in [0.4, 0.5) is 0 Å². The van der Waals surface area contributed by atoms with Gasteiger partial charge in [0.1, 0.15) is 11.9 Å². The lowest BCUT2D eigenvalue weighted by Crippen LogP contribution is -2.44. The summed E-state index contributed by atoms with van der Waals surface area (Å²) in [4.78, 5) is 23.2. The van der Waals surface area contributed by atoms with Crippen LogP contribution < -0.4 is 5.32 Å². The number of fused-ring (bicyclic) bond motifs is 1. The van der Waals surface area contributed by atoms with E-state index in [1.54, 1.807) is 43.5 Å². The van der Waals surface area contributed by atoms with Crippen molar-refractivity contribution in [3.8, 4) is 0 Å². The molecule has 0 aromatic carbocycles. The molecule has 0 radical (unpaired) electrons. The number of amides is 1. The Morgan fingerprint density at radius 3 is 2.60 bits per heavy atom. The number of carbonyl (C=O) groups is 2. The van der Waals surface area contributed by atoms with Crippen molar-refractivity contribution < 1.29 is 14.7 Å². The van der Waals surface area contributed by atoms with Crippen molar-refractivity contribution in [2.45, 2.75) is 26.8 Å². The molecule has 7 nitrogen and oxygen atoms in total. The Labute approximate surface area is 115 Å². The number of nitrogens with zero attached hydrogens (tertiary/aromatic N) is 3. The van der Waals surface area contributed by atoms with E-state index >= 15 is 0 Å². The molecule has 0 saturated heterocycles. The normalized spacial score (nSPS) is 12.6. The highest BCUT2D eigenvalue weighted by molar-refractivity contribution is 5.96. The molecule has 2 N–H and O–H groups in total. The summed E-state index contributed by atoms with van der Waals surface area (Å²) in [6, 6.07) is 2.35. The fraction of sp³-hybridized carbons (Fsp3) is 0.385. The van der Waals surface area contributed by atoms with E-state index in [1.165, 1.54) is 0 Å². The second kappa shape index (κ2) is 5.28. The Morgan fingerprint density at radius 1 is 1.30 bits per heavy atom. The van der Waals surface area contributed by atoms with Crippen LogP contribution in [0.25, 0.3) is 5.65 Å². The number of aryl methyl sites for hydroxylation is 1. The number of hydrogen-bond acceptors (Lipinski definition) is 4. The molecule has 1 atom stereocenters. The summed E-state index contributed by atoms with van der Waals surface area (Å²) in [5.41, 5.74) is 1.00. The van der Waals surface area contributed by atoms with Crippen molar-refractivity contribution in [1.82, 2.24) is 19.9 Å². The molecule has 0 aliphatic heterocycles. The summed E-state index contributed by atoms with van der Waals surface area (Å²) in [5.74, 6) is -1.01. The molecule has 2 aromatic heterocycles. The number of carbonyl (C=O) groups excluding carboxylic acids is 1. The zero-order valence-electron chi connectivity index (χ0n) is 11.5. The van der Waals surface area contributed by atoms with Crippen LogP contribution in [0.2, 0.25) is 0 Å². The molecule has 0 fully saturated rings. The molecule has 0 aliphatic carbocycles. The quantitative estimate of drug-likeness (QED) is 0.864. The van der Waals surface area contributed by atoms with Gasteiger partial charge >= 0.3 is 5.97 Å². The molecule has 2 heterocycles. The first kappa shape index (κ1) is 14.0. The predicted molar refractivity (Wildman–Crippen MR) is 71.5 cm³/mol. The number of nitrogens with one attached hydrogen (secondary N) is 1. The van der Waals surface area contributed by atoms with Gasteiger partial charge in [-0.25, -0.2) is 4.79 Å². The minimum atomic E-state index is -1.05. The van der Waals surface area contributed by atoms with Gasteiger partial charge in [-0.3, -0.25) is 9.20 Å². The zero-order valence-corrected chi connectivity index (χ0v) is 11.5. The smallest absolute Gasteiger partial charge is 0.326 e. The van der Waals surface area contributed by atoms with Gasteiger partial charge in [0.05, 0.1) is 5.56 Å². The molecule has 1 amide bonds. The van der Waals surface area contributed by atoms with Gasteiger partial charge in [0.15, 0.2) is 5.65 Å². The van der Waals surface area contributed by atoms with Crippen LogP contribution in [0.1, 0.15) is 30.0 Å². The molecule has 0 saturated carbocycles. The number of aliphatic carboxylic acids is 1. The number of rotatable bonds is 4. The third kappa shape index (κ3) is 2.61. The minimum Gasteiger partial charge on any atom is -0.480 e. The SMILES string of the molecule is Cc1nnc2ccc(C(=O)N[C@H](C(=O)O)C(C)C)cn12.